The Morgan fingerprint density at radius 3 is 2.56 bits per heavy atom. The average molecular weight is 367 g/mol. The van der Waals surface area contributed by atoms with Crippen molar-refractivity contribution in [1.29, 1.82) is 0 Å². The van der Waals surface area contributed by atoms with Crippen molar-refractivity contribution in [2.75, 3.05) is 51.7 Å². The number of guanidine groups is 1. The molecule has 144 valence electrons. The monoisotopic (exact) mass is 366 g/mol. The van der Waals surface area contributed by atoms with Gasteiger partial charge in [0, 0.05) is 52.5 Å². The molecule has 1 aromatic carbocycles. The molecular weight excluding hydrogens is 336 g/mol. The molecule has 0 saturated carbocycles. The SMILES string of the molecule is CN=C(NCCc1ccccc1)NCc1ccnc(N2CCN(C)CC2)c1. The summed E-state index contributed by atoms with van der Waals surface area (Å²) >= 11 is 0. The highest BCUT2D eigenvalue weighted by molar-refractivity contribution is 5.79. The molecular formula is C21H30N6. The number of hydrogen-bond acceptors (Lipinski definition) is 4. The average Bonchev–Trinajstić information content (AvgIpc) is 2.72. The number of pyridine rings is 1. The summed E-state index contributed by atoms with van der Waals surface area (Å²) in [6, 6.07) is 14.7. The minimum absolute atomic E-state index is 0.730. The molecule has 2 N–H and O–H groups in total. The van der Waals surface area contributed by atoms with E-state index < -0.39 is 0 Å². The smallest absolute Gasteiger partial charge is 0.191 e. The fourth-order valence-corrected chi connectivity index (χ4v) is 3.16. The highest BCUT2D eigenvalue weighted by Crippen LogP contribution is 2.14. The van der Waals surface area contributed by atoms with Gasteiger partial charge < -0.3 is 20.4 Å². The number of rotatable bonds is 6. The first-order valence-electron chi connectivity index (χ1n) is 9.61. The number of nitrogens with one attached hydrogen (secondary N) is 2. The normalized spacial score (nSPS) is 15.6. The van der Waals surface area contributed by atoms with E-state index in [2.05, 4.69) is 73.9 Å². The van der Waals surface area contributed by atoms with E-state index in [1.165, 1.54) is 11.1 Å². The van der Waals surface area contributed by atoms with Crippen molar-refractivity contribution in [3.8, 4) is 0 Å². The molecule has 1 saturated heterocycles. The molecule has 3 rings (SSSR count). The van der Waals surface area contributed by atoms with Gasteiger partial charge in [0.2, 0.25) is 0 Å². The molecule has 0 amide bonds. The maximum absolute atomic E-state index is 4.55. The first kappa shape index (κ1) is 19.2. The number of aliphatic imine (C=N–C) groups is 1. The van der Waals surface area contributed by atoms with E-state index in [0.717, 1.165) is 57.5 Å². The van der Waals surface area contributed by atoms with Gasteiger partial charge in [0.25, 0.3) is 0 Å². The lowest BCUT2D eigenvalue weighted by Crippen LogP contribution is -2.44. The summed E-state index contributed by atoms with van der Waals surface area (Å²) < 4.78 is 0. The number of likely N-dealkylation sites (N-methyl/N-ethyl adjacent to an activating group) is 1. The zero-order chi connectivity index (χ0) is 18.9. The van der Waals surface area contributed by atoms with Crippen molar-refractivity contribution in [3.05, 3.63) is 59.8 Å². The van der Waals surface area contributed by atoms with Gasteiger partial charge in [-0.3, -0.25) is 4.99 Å². The van der Waals surface area contributed by atoms with Crippen molar-refractivity contribution in [2.24, 2.45) is 4.99 Å². The van der Waals surface area contributed by atoms with Gasteiger partial charge in [-0.25, -0.2) is 4.98 Å². The molecule has 2 heterocycles. The number of nitrogens with zero attached hydrogens (tertiary/aromatic N) is 4. The van der Waals surface area contributed by atoms with E-state index in [0.29, 0.717) is 0 Å². The minimum atomic E-state index is 0.730. The zero-order valence-corrected chi connectivity index (χ0v) is 16.4. The number of anilines is 1. The van der Waals surface area contributed by atoms with Crippen molar-refractivity contribution in [1.82, 2.24) is 20.5 Å². The van der Waals surface area contributed by atoms with Crippen molar-refractivity contribution in [2.45, 2.75) is 13.0 Å². The molecule has 0 atom stereocenters. The lowest BCUT2D eigenvalue weighted by molar-refractivity contribution is 0.312. The molecule has 2 aromatic rings. The Morgan fingerprint density at radius 1 is 1.04 bits per heavy atom. The van der Waals surface area contributed by atoms with E-state index in [4.69, 9.17) is 0 Å². The minimum Gasteiger partial charge on any atom is -0.356 e. The fourth-order valence-electron chi connectivity index (χ4n) is 3.16. The molecule has 0 unspecified atom stereocenters. The first-order chi connectivity index (χ1) is 13.2. The lowest BCUT2D eigenvalue weighted by Gasteiger charge is -2.33. The molecule has 0 radical (unpaired) electrons. The third kappa shape index (κ3) is 5.96. The standard InChI is InChI=1S/C21H30N6/c1-22-21(24-11-8-18-6-4-3-5-7-18)25-17-19-9-10-23-20(16-19)27-14-12-26(2)13-15-27/h3-7,9-10,16H,8,11-15,17H2,1-2H3,(H2,22,24,25). The zero-order valence-electron chi connectivity index (χ0n) is 16.4. The second-order valence-electron chi connectivity index (χ2n) is 6.90. The predicted octanol–water partition coefficient (Wildman–Crippen LogP) is 1.74. The van der Waals surface area contributed by atoms with Crippen molar-refractivity contribution in [3.63, 3.8) is 0 Å². The third-order valence-electron chi connectivity index (χ3n) is 4.87. The second kappa shape index (κ2) is 9.92. The molecule has 1 aliphatic heterocycles. The molecule has 0 spiro atoms. The Kier molecular flexibility index (Phi) is 7.04. The summed E-state index contributed by atoms with van der Waals surface area (Å²) in [5.41, 5.74) is 2.54. The van der Waals surface area contributed by atoms with Crippen LogP contribution in [0.4, 0.5) is 5.82 Å². The second-order valence-corrected chi connectivity index (χ2v) is 6.90. The summed E-state index contributed by atoms with van der Waals surface area (Å²) in [5, 5.41) is 6.77. The van der Waals surface area contributed by atoms with Crippen LogP contribution in [0.2, 0.25) is 0 Å². The molecule has 0 aliphatic carbocycles. The van der Waals surface area contributed by atoms with E-state index in [-0.39, 0.29) is 0 Å². The van der Waals surface area contributed by atoms with Gasteiger partial charge in [-0.15, -0.1) is 0 Å². The molecule has 6 heteroatoms. The van der Waals surface area contributed by atoms with Crippen LogP contribution in [0, 0.1) is 0 Å². The van der Waals surface area contributed by atoms with Crippen molar-refractivity contribution < 1.29 is 0 Å². The van der Waals surface area contributed by atoms with Gasteiger partial charge >= 0.3 is 0 Å². The highest BCUT2D eigenvalue weighted by Gasteiger charge is 2.15. The van der Waals surface area contributed by atoms with Gasteiger partial charge in [-0.05, 0) is 36.7 Å². The fraction of sp³-hybridized carbons (Fsp3) is 0.429. The summed E-state index contributed by atoms with van der Waals surface area (Å²) in [5.74, 6) is 1.89. The quantitative estimate of drug-likeness (QED) is 0.603. The van der Waals surface area contributed by atoms with Crippen LogP contribution in [0.15, 0.2) is 53.7 Å². The maximum Gasteiger partial charge on any atom is 0.191 e. The van der Waals surface area contributed by atoms with E-state index in [9.17, 15) is 0 Å². The van der Waals surface area contributed by atoms with Crippen LogP contribution in [0.25, 0.3) is 0 Å². The predicted molar refractivity (Wildman–Crippen MR) is 112 cm³/mol. The Morgan fingerprint density at radius 2 is 1.81 bits per heavy atom. The Balaban J connectivity index is 1.47. The van der Waals surface area contributed by atoms with Crippen molar-refractivity contribution >= 4 is 11.8 Å². The molecule has 6 nitrogen and oxygen atoms in total. The molecule has 0 bridgehead atoms. The van der Waals surface area contributed by atoms with Crippen LogP contribution < -0.4 is 15.5 Å². The van der Waals surface area contributed by atoms with Crippen LogP contribution in [0.1, 0.15) is 11.1 Å². The molecule has 1 aromatic heterocycles. The van der Waals surface area contributed by atoms with Gasteiger partial charge in [0.15, 0.2) is 5.96 Å². The van der Waals surface area contributed by atoms with E-state index in [1.54, 1.807) is 7.05 Å². The van der Waals surface area contributed by atoms with Crippen LogP contribution >= 0.6 is 0 Å². The van der Waals surface area contributed by atoms with Gasteiger partial charge in [0.05, 0.1) is 0 Å². The van der Waals surface area contributed by atoms with Crippen LogP contribution in [0.5, 0.6) is 0 Å². The Hall–Kier alpha value is -2.60. The summed E-state index contributed by atoms with van der Waals surface area (Å²) in [7, 11) is 3.97. The van der Waals surface area contributed by atoms with Crippen LogP contribution in [-0.2, 0) is 13.0 Å². The van der Waals surface area contributed by atoms with Gasteiger partial charge in [-0.2, -0.15) is 0 Å². The highest BCUT2D eigenvalue weighted by atomic mass is 15.3. The molecule has 1 aliphatic rings. The van der Waals surface area contributed by atoms with Gasteiger partial charge in [0.1, 0.15) is 5.82 Å². The third-order valence-corrected chi connectivity index (χ3v) is 4.87. The van der Waals surface area contributed by atoms with Crippen LogP contribution in [0.3, 0.4) is 0 Å². The number of benzene rings is 1. The summed E-state index contributed by atoms with van der Waals surface area (Å²) in [4.78, 5) is 13.6. The first-order valence-corrected chi connectivity index (χ1v) is 9.61. The Bertz CT molecular complexity index is 722. The number of aromatic nitrogens is 1. The van der Waals surface area contributed by atoms with Crippen LogP contribution in [-0.4, -0.2) is 62.7 Å². The number of hydrogen-bond donors (Lipinski definition) is 2. The number of piperazine rings is 1. The summed E-state index contributed by atoms with van der Waals surface area (Å²) in [6.45, 7) is 5.82. The van der Waals surface area contributed by atoms with E-state index in [1.807, 2.05) is 12.3 Å². The summed E-state index contributed by atoms with van der Waals surface area (Å²) in [6.07, 6.45) is 2.88. The molecule has 27 heavy (non-hydrogen) atoms. The van der Waals surface area contributed by atoms with E-state index >= 15 is 0 Å². The molecule has 1 fully saturated rings. The Labute approximate surface area is 162 Å². The lowest BCUT2D eigenvalue weighted by atomic mass is 10.1. The maximum atomic E-state index is 4.55. The largest absolute Gasteiger partial charge is 0.356 e. The topological polar surface area (TPSA) is 55.8 Å². The van der Waals surface area contributed by atoms with Gasteiger partial charge in [-0.1, -0.05) is 30.3 Å².